The molecule has 1 amide bonds. The van der Waals surface area contributed by atoms with E-state index >= 15 is 0 Å². The Morgan fingerprint density at radius 3 is 2.46 bits per heavy atom. The fourth-order valence-electron chi connectivity index (χ4n) is 4.22. The molecule has 0 saturated heterocycles. The summed E-state index contributed by atoms with van der Waals surface area (Å²) in [5, 5.41) is 6.73. The molecule has 196 valence electrons. The number of ether oxygens (including phenoxy) is 1. The zero-order valence-corrected chi connectivity index (χ0v) is 23.2. The SMILES string of the molecule is Cc1ccc(-c2c(C(=O)OCC(=O)Nc3nc(-c4ccc(Cl)cc4Cl)cs3)n(C)c(=O)c3ccccc23)cc1. The highest BCUT2D eigenvalue weighted by atomic mass is 35.5. The van der Waals surface area contributed by atoms with Crippen LogP contribution >= 0.6 is 34.5 Å². The first-order valence-electron chi connectivity index (χ1n) is 11.8. The third kappa shape index (κ3) is 5.45. The van der Waals surface area contributed by atoms with Crippen molar-refractivity contribution in [2.75, 3.05) is 11.9 Å². The topological polar surface area (TPSA) is 90.3 Å². The summed E-state index contributed by atoms with van der Waals surface area (Å²) in [7, 11) is 1.52. The Morgan fingerprint density at radius 2 is 1.74 bits per heavy atom. The molecule has 5 rings (SSSR count). The molecule has 2 heterocycles. The molecule has 0 aliphatic heterocycles. The summed E-state index contributed by atoms with van der Waals surface area (Å²) >= 11 is 13.4. The number of carbonyl (C=O) groups excluding carboxylic acids is 2. The summed E-state index contributed by atoms with van der Waals surface area (Å²) in [6.07, 6.45) is 0. The summed E-state index contributed by atoms with van der Waals surface area (Å²) in [5.41, 5.74) is 3.33. The first kappa shape index (κ1) is 26.6. The van der Waals surface area contributed by atoms with Gasteiger partial charge in [-0.15, -0.1) is 11.3 Å². The van der Waals surface area contributed by atoms with Gasteiger partial charge >= 0.3 is 5.97 Å². The summed E-state index contributed by atoms with van der Waals surface area (Å²) < 4.78 is 6.65. The fraction of sp³-hybridized carbons (Fsp3) is 0.103. The van der Waals surface area contributed by atoms with Gasteiger partial charge in [-0.3, -0.25) is 14.9 Å². The van der Waals surface area contributed by atoms with Gasteiger partial charge in [0.25, 0.3) is 11.5 Å². The summed E-state index contributed by atoms with van der Waals surface area (Å²) in [6, 6.07) is 19.8. The van der Waals surface area contributed by atoms with Gasteiger partial charge in [0.15, 0.2) is 11.7 Å². The Labute approximate surface area is 237 Å². The molecule has 5 aromatic rings. The van der Waals surface area contributed by atoms with E-state index in [4.69, 9.17) is 27.9 Å². The number of halogens is 2. The highest BCUT2D eigenvalue weighted by Crippen LogP contribution is 2.33. The quantitative estimate of drug-likeness (QED) is 0.226. The van der Waals surface area contributed by atoms with E-state index in [1.807, 2.05) is 37.3 Å². The molecule has 0 bridgehead atoms. The van der Waals surface area contributed by atoms with E-state index in [2.05, 4.69) is 10.3 Å². The number of carbonyl (C=O) groups is 2. The molecule has 39 heavy (non-hydrogen) atoms. The number of esters is 1. The third-order valence-electron chi connectivity index (χ3n) is 6.13. The molecular weight excluding hydrogens is 557 g/mol. The number of amides is 1. The van der Waals surface area contributed by atoms with E-state index in [0.29, 0.717) is 42.8 Å². The Balaban J connectivity index is 1.39. The van der Waals surface area contributed by atoms with Crippen LogP contribution in [-0.4, -0.2) is 28.0 Å². The minimum atomic E-state index is -0.793. The zero-order valence-electron chi connectivity index (χ0n) is 20.8. The van der Waals surface area contributed by atoms with Gasteiger partial charge < -0.3 is 9.30 Å². The third-order valence-corrected chi connectivity index (χ3v) is 7.43. The van der Waals surface area contributed by atoms with E-state index < -0.39 is 18.5 Å². The van der Waals surface area contributed by atoms with E-state index in [0.717, 1.165) is 11.1 Å². The van der Waals surface area contributed by atoms with Gasteiger partial charge in [0.2, 0.25) is 0 Å². The largest absolute Gasteiger partial charge is 0.451 e. The number of thiazole rings is 1. The molecule has 0 unspecified atom stereocenters. The fourth-order valence-corrected chi connectivity index (χ4v) is 5.46. The predicted molar refractivity (Wildman–Crippen MR) is 156 cm³/mol. The number of pyridine rings is 1. The van der Waals surface area contributed by atoms with Crippen LogP contribution in [0.1, 0.15) is 16.1 Å². The number of rotatable bonds is 6. The second kappa shape index (κ2) is 11.0. The lowest BCUT2D eigenvalue weighted by Crippen LogP contribution is -2.28. The first-order chi connectivity index (χ1) is 18.7. The smallest absolute Gasteiger partial charge is 0.356 e. The lowest BCUT2D eigenvalue weighted by atomic mass is 9.96. The van der Waals surface area contributed by atoms with Crippen LogP contribution in [0.4, 0.5) is 5.13 Å². The standard InChI is InChI=1S/C29H21Cl2N3O4S/c1-16-7-9-17(10-8-16)25-19-5-3-4-6-20(19)27(36)34(2)26(25)28(37)38-14-24(35)33-29-32-23(15-39-29)21-12-11-18(30)13-22(21)31/h3-13,15H,14H2,1-2H3,(H,32,33,35). The lowest BCUT2D eigenvalue weighted by molar-refractivity contribution is -0.119. The molecule has 0 fully saturated rings. The molecule has 0 atom stereocenters. The molecule has 0 aliphatic rings. The summed E-state index contributed by atoms with van der Waals surface area (Å²) in [4.78, 5) is 43.4. The van der Waals surface area contributed by atoms with E-state index in [-0.39, 0.29) is 11.3 Å². The number of hydrogen-bond acceptors (Lipinski definition) is 6. The minimum absolute atomic E-state index is 0.0595. The highest BCUT2D eigenvalue weighted by molar-refractivity contribution is 7.14. The van der Waals surface area contributed by atoms with Crippen LogP contribution in [-0.2, 0) is 16.6 Å². The van der Waals surface area contributed by atoms with Crippen molar-refractivity contribution in [1.82, 2.24) is 9.55 Å². The monoisotopic (exact) mass is 577 g/mol. The molecule has 1 N–H and O–H groups in total. The highest BCUT2D eigenvalue weighted by Gasteiger charge is 2.24. The summed E-state index contributed by atoms with van der Waals surface area (Å²) in [5.74, 6) is -1.37. The van der Waals surface area contributed by atoms with Crippen LogP contribution in [0, 0.1) is 6.92 Å². The van der Waals surface area contributed by atoms with Gasteiger partial charge in [0, 0.05) is 34.0 Å². The van der Waals surface area contributed by atoms with E-state index in [9.17, 15) is 14.4 Å². The van der Waals surface area contributed by atoms with E-state index in [1.165, 1.54) is 23.0 Å². The van der Waals surface area contributed by atoms with Crippen molar-refractivity contribution in [1.29, 1.82) is 0 Å². The van der Waals surface area contributed by atoms with Crippen molar-refractivity contribution in [2.45, 2.75) is 6.92 Å². The van der Waals surface area contributed by atoms with Gasteiger partial charge in [-0.2, -0.15) is 0 Å². The number of hydrogen-bond donors (Lipinski definition) is 1. The Kier molecular flexibility index (Phi) is 7.52. The van der Waals surface area contributed by atoms with Crippen LogP contribution in [0.5, 0.6) is 0 Å². The number of aryl methyl sites for hydroxylation is 1. The average molecular weight is 578 g/mol. The molecular formula is C29H21Cl2N3O4S. The Morgan fingerprint density at radius 1 is 1.03 bits per heavy atom. The van der Waals surface area contributed by atoms with Gasteiger partial charge in [0.1, 0.15) is 5.69 Å². The maximum absolute atomic E-state index is 13.3. The van der Waals surface area contributed by atoms with Crippen molar-refractivity contribution in [3.63, 3.8) is 0 Å². The van der Waals surface area contributed by atoms with Gasteiger partial charge in [-0.25, -0.2) is 9.78 Å². The number of anilines is 1. The summed E-state index contributed by atoms with van der Waals surface area (Å²) in [6.45, 7) is 1.40. The molecule has 3 aromatic carbocycles. The number of fused-ring (bicyclic) bond motifs is 1. The lowest BCUT2D eigenvalue weighted by Gasteiger charge is -2.17. The van der Waals surface area contributed by atoms with Crippen LogP contribution in [0.2, 0.25) is 10.0 Å². The normalized spacial score (nSPS) is 11.0. The van der Waals surface area contributed by atoms with Gasteiger partial charge in [0.05, 0.1) is 10.7 Å². The second-order valence-electron chi connectivity index (χ2n) is 8.79. The number of aromatic nitrogens is 2. The van der Waals surface area contributed by atoms with Crippen molar-refractivity contribution < 1.29 is 14.3 Å². The van der Waals surface area contributed by atoms with Crippen LogP contribution in [0.25, 0.3) is 33.2 Å². The average Bonchev–Trinajstić information content (AvgIpc) is 3.37. The molecule has 7 nitrogen and oxygen atoms in total. The van der Waals surface area contributed by atoms with Gasteiger partial charge in [-0.1, -0.05) is 71.2 Å². The number of nitrogens with zero attached hydrogens (tertiary/aromatic N) is 2. The molecule has 0 saturated carbocycles. The molecule has 0 spiro atoms. The first-order valence-corrected chi connectivity index (χ1v) is 13.4. The molecule has 10 heteroatoms. The van der Waals surface area contributed by atoms with Crippen molar-refractivity contribution >= 4 is 62.3 Å². The number of nitrogens with one attached hydrogen (secondary N) is 1. The maximum atomic E-state index is 13.3. The number of benzene rings is 3. The second-order valence-corrected chi connectivity index (χ2v) is 10.5. The van der Waals surface area contributed by atoms with Crippen molar-refractivity contribution in [3.8, 4) is 22.4 Å². The zero-order chi connectivity index (χ0) is 27.7. The van der Waals surface area contributed by atoms with E-state index in [1.54, 1.807) is 41.8 Å². The predicted octanol–water partition coefficient (Wildman–Crippen LogP) is 6.74. The van der Waals surface area contributed by atoms with Crippen molar-refractivity contribution in [2.24, 2.45) is 7.05 Å². The Bertz CT molecular complexity index is 1800. The molecule has 0 aliphatic carbocycles. The minimum Gasteiger partial charge on any atom is -0.451 e. The Hall–Kier alpha value is -3.98. The van der Waals surface area contributed by atoms with Crippen LogP contribution in [0.3, 0.4) is 0 Å². The maximum Gasteiger partial charge on any atom is 0.356 e. The van der Waals surface area contributed by atoms with Crippen LogP contribution < -0.4 is 10.9 Å². The van der Waals surface area contributed by atoms with Crippen molar-refractivity contribution in [3.05, 3.63) is 104 Å². The van der Waals surface area contributed by atoms with Gasteiger partial charge in [-0.05, 0) is 42.1 Å². The molecule has 2 aromatic heterocycles. The molecule has 0 radical (unpaired) electrons. The van der Waals surface area contributed by atoms with Crippen LogP contribution in [0.15, 0.2) is 76.9 Å².